The van der Waals surface area contributed by atoms with Crippen LogP contribution >= 0.6 is 0 Å². The van der Waals surface area contributed by atoms with Crippen LogP contribution in [0.15, 0.2) is 18.2 Å². The van der Waals surface area contributed by atoms with Gasteiger partial charge < -0.3 is 4.74 Å². The Morgan fingerprint density at radius 2 is 1.64 bits per heavy atom. The zero-order valence-electron chi connectivity index (χ0n) is 14.5. The van der Waals surface area contributed by atoms with Crippen LogP contribution in [0.5, 0.6) is 0 Å². The van der Waals surface area contributed by atoms with Gasteiger partial charge in [-0.15, -0.1) is 0 Å². The second-order valence-corrected chi connectivity index (χ2v) is 6.75. The van der Waals surface area contributed by atoms with Gasteiger partial charge in [0.25, 0.3) is 0 Å². The van der Waals surface area contributed by atoms with Crippen LogP contribution in [0.3, 0.4) is 0 Å². The predicted molar refractivity (Wildman–Crippen MR) is 95.6 cm³/mol. The lowest BCUT2D eigenvalue weighted by atomic mass is 9.87. The van der Waals surface area contributed by atoms with Gasteiger partial charge in [0.1, 0.15) is 0 Å². The van der Waals surface area contributed by atoms with Crippen LogP contribution in [-0.2, 0) is 24.0 Å². The van der Waals surface area contributed by atoms with Gasteiger partial charge in [-0.3, -0.25) is 0 Å². The third kappa shape index (κ3) is 6.12. The highest BCUT2D eigenvalue weighted by molar-refractivity contribution is 5.37. The summed E-state index contributed by atoms with van der Waals surface area (Å²) in [6, 6.07) is 6.96. The van der Waals surface area contributed by atoms with Crippen molar-refractivity contribution < 1.29 is 4.74 Å². The molecular weight excluding hydrogens is 268 g/mol. The van der Waals surface area contributed by atoms with E-state index >= 15 is 0 Å². The van der Waals surface area contributed by atoms with Crippen molar-refractivity contribution in [1.29, 1.82) is 0 Å². The Bertz CT molecular complexity index is 410. The summed E-state index contributed by atoms with van der Waals surface area (Å²) in [6.07, 6.45) is 15.7. The number of hydrogen-bond acceptors (Lipinski definition) is 1. The molecule has 2 rings (SSSR count). The first kappa shape index (κ1) is 17.5. The van der Waals surface area contributed by atoms with Gasteiger partial charge in [0.05, 0.1) is 0 Å². The maximum atomic E-state index is 5.72. The summed E-state index contributed by atoms with van der Waals surface area (Å²) >= 11 is 0. The van der Waals surface area contributed by atoms with Crippen LogP contribution in [0.2, 0.25) is 0 Å². The molecule has 0 N–H and O–H groups in total. The maximum absolute atomic E-state index is 5.72. The molecule has 0 bridgehead atoms. The minimum absolute atomic E-state index is 0.957. The Morgan fingerprint density at radius 3 is 2.45 bits per heavy atom. The summed E-state index contributed by atoms with van der Waals surface area (Å²) in [4.78, 5) is 0. The van der Waals surface area contributed by atoms with Crippen LogP contribution in [0.4, 0.5) is 0 Å². The van der Waals surface area contributed by atoms with Gasteiger partial charge in [0.15, 0.2) is 0 Å². The smallest absolute Gasteiger partial charge is 0.0466 e. The van der Waals surface area contributed by atoms with Gasteiger partial charge in [-0.25, -0.2) is 0 Å². The van der Waals surface area contributed by atoms with Gasteiger partial charge in [-0.2, -0.15) is 0 Å². The van der Waals surface area contributed by atoms with Gasteiger partial charge in [-0.05, 0) is 68.1 Å². The Labute approximate surface area is 137 Å². The summed E-state index contributed by atoms with van der Waals surface area (Å²) in [5, 5.41) is 0. The van der Waals surface area contributed by atoms with E-state index in [-0.39, 0.29) is 0 Å². The molecule has 0 radical (unpaired) electrons. The normalized spacial score (nSPS) is 14.0. The van der Waals surface area contributed by atoms with E-state index in [2.05, 4.69) is 25.1 Å². The first-order valence-corrected chi connectivity index (χ1v) is 9.59. The van der Waals surface area contributed by atoms with Crippen molar-refractivity contribution in [2.24, 2.45) is 0 Å². The molecule has 1 aromatic rings. The topological polar surface area (TPSA) is 9.23 Å². The van der Waals surface area contributed by atoms with Crippen LogP contribution in [-0.4, -0.2) is 13.2 Å². The molecule has 124 valence electrons. The fourth-order valence-corrected chi connectivity index (χ4v) is 3.52. The Hall–Kier alpha value is -0.820. The average molecular weight is 303 g/mol. The minimum atomic E-state index is 0.957. The van der Waals surface area contributed by atoms with Crippen molar-refractivity contribution in [3.8, 4) is 0 Å². The van der Waals surface area contributed by atoms with Crippen molar-refractivity contribution in [3.05, 3.63) is 34.9 Å². The highest BCUT2D eigenvalue weighted by atomic mass is 16.5. The molecule has 1 aliphatic rings. The monoisotopic (exact) mass is 302 g/mol. The molecule has 22 heavy (non-hydrogen) atoms. The Balaban J connectivity index is 1.54. The fraction of sp³-hybridized carbons (Fsp3) is 0.714. The van der Waals surface area contributed by atoms with Crippen molar-refractivity contribution in [2.75, 3.05) is 13.2 Å². The molecule has 0 saturated heterocycles. The molecule has 0 unspecified atom stereocenters. The molecule has 0 aromatic heterocycles. The lowest BCUT2D eigenvalue weighted by Crippen LogP contribution is -2.06. The summed E-state index contributed by atoms with van der Waals surface area (Å²) in [7, 11) is 0. The predicted octanol–water partition coefficient (Wildman–Crippen LogP) is 5.88. The van der Waals surface area contributed by atoms with E-state index in [0.717, 1.165) is 13.2 Å². The molecule has 0 saturated carbocycles. The van der Waals surface area contributed by atoms with Crippen molar-refractivity contribution >= 4 is 0 Å². The molecule has 0 aliphatic heterocycles. The summed E-state index contributed by atoms with van der Waals surface area (Å²) in [5.41, 5.74) is 4.93. The van der Waals surface area contributed by atoms with Gasteiger partial charge >= 0.3 is 0 Å². The zero-order chi connectivity index (χ0) is 15.5. The second kappa shape index (κ2) is 10.8. The standard InChI is InChI=1S/C21H34O/c1-2-3-4-9-17-22-18-10-5-6-12-19-14-11-15-20-13-7-8-16-21(19)20/h11,14-15H,2-10,12-13,16-18H2,1H3. The number of hydrogen-bond donors (Lipinski definition) is 0. The van der Waals surface area contributed by atoms with Gasteiger partial charge in [0.2, 0.25) is 0 Å². The molecule has 1 aromatic carbocycles. The third-order valence-electron chi connectivity index (χ3n) is 4.87. The van der Waals surface area contributed by atoms with E-state index in [9.17, 15) is 0 Å². The SMILES string of the molecule is CCCCCCOCCCCCc1cccc2c1CCCC2. The van der Waals surface area contributed by atoms with E-state index < -0.39 is 0 Å². The summed E-state index contributed by atoms with van der Waals surface area (Å²) in [6.45, 7) is 4.18. The van der Waals surface area contributed by atoms with Crippen LogP contribution in [0.1, 0.15) is 81.4 Å². The fourth-order valence-electron chi connectivity index (χ4n) is 3.52. The Morgan fingerprint density at radius 1 is 0.864 bits per heavy atom. The lowest BCUT2D eigenvalue weighted by Gasteiger charge is -2.19. The van der Waals surface area contributed by atoms with Crippen LogP contribution in [0, 0.1) is 0 Å². The molecule has 0 heterocycles. The average Bonchev–Trinajstić information content (AvgIpc) is 2.56. The van der Waals surface area contributed by atoms with Crippen molar-refractivity contribution in [1.82, 2.24) is 0 Å². The highest BCUT2D eigenvalue weighted by Gasteiger charge is 2.12. The number of ether oxygens (including phenoxy) is 1. The Kier molecular flexibility index (Phi) is 8.63. The van der Waals surface area contributed by atoms with E-state index in [4.69, 9.17) is 4.74 Å². The number of unbranched alkanes of at least 4 members (excludes halogenated alkanes) is 5. The van der Waals surface area contributed by atoms with Gasteiger partial charge in [-0.1, -0.05) is 50.8 Å². The van der Waals surface area contributed by atoms with E-state index in [0.29, 0.717) is 0 Å². The summed E-state index contributed by atoms with van der Waals surface area (Å²) in [5.74, 6) is 0. The van der Waals surface area contributed by atoms with Crippen molar-refractivity contribution in [2.45, 2.75) is 84.0 Å². The van der Waals surface area contributed by atoms with E-state index in [1.54, 1.807) is 16.7 Å². The molecule has 1 nitrogen and oxygen atoms in total. The molecule has 0 spiro atoms. The van der Waals surface area contributed by atoms with Gasteiger partial charge in [0, 0.05) is 13.2 Å². The largest absolute Gasteiger partial charge is 0.381 e. The van der Waals surface area contributed by atoms with E-state index in [1.807, 2.05) is 0 Å². The first-order valence-electron chi connectivity index (χ1n) is 9.59. The zero-order valence-corrected chi connectivity index (χ0v) is 14.5. The number of benzene rings is 1. The molecule has 1 aliphatic carbocycles. The van der Waals surface area contributed by atoms with Crippen molar-refractivity contribution in [3.63, 3.8) is 0 Å². The highest BCUT2D eigenvalue weighted by Crippen LogP contribution is 2.25. The van der Waals surface area contributed by atoms with Crippen LogP contribution < -0.4 is 0 Å². The molecule has 0 amide bonds. The first-order chi connectivity index (χ1) is 10.9. The molecule has 0 fully saturated rings. The number of rotatable bonds is 11. The van der Waals surface area contributed by atoms with E-state index in [1.165, 1.54) is 77.0 Å². The quantitative estimate of drug-likeness (QED) is 0.464. The summed E-state index contributed by atoms with van der Waals surface area (Å²) < 4.78 is 5.72. The molecule has 1 heteroatoms. The minimum Gasteiger partial charge on any atom is -0.381 e. The van der Waals surface area contributed by atoms with Crippen LogP contribution in [0.25, 0.3) is 0 Å². The number of aryl methyl sites for hydroxylation is 2. The maximum Gasteiger partial charge on any atom is 0.0466 e. The number of fused-ring (bicyclic) bond motifs is 1. The molecular formula is C21H34O. The second-order valence-electron chi connectivity index (χ2n) is 6.75. The lowest BCUT2D eigenvalue weighted by molar-refractivity contribution is 0.126. The third-order valence-corrected chi connectivity index (χ3v) is 4.87. The molecule has 0 atom stereocenters.